The summed E-state index contributed by atoms with van der Waals surface area (Å²) in [5, 5.41) is 3.18. The first kappa shape index (κ1) is 21.3. The van der Waals surface area contributed by atoms with E-state index in [9.17, 15) is 4.79 Å². The van der Waals surface area contributed by atoms with Crippen LogP contribution in [0.3, 0.4) is 0 Å². The summed E-state index contributed by atoms with van der Waals surface area (Å²) in [6.07, 6.45) is 3.72. The Morgan fingerprint density at radius 1 is 1.00 bits per heavy atom. The smallest absolute Gasteiger partial charge is 0.271 e. The third kappa shape index (κ3) is 5.60. The molecule has 1 saturated heterocycles. The van der Waals surface area contributed by atoms with Gasteiger partial charge in [-0.15, -0.1) is 0 Å². The van der Waals surface area contributed by atoms with Gasteiger partial charge in [0.15, 0.2) is 5.69 Å². The number of anilines is 1. The predicted molar refractivity (Wildman–Crippen MR) is 121 cm³/mol. The van der Waals surface area contributed by atoms with Crippen LogP contribution in [0.2, 0.25) is 5.02 Å². The van der Waals surface area contributed by atoms with Crippen LogP contribution in [0.5, 0.6) is 0 Å². The molecule has 7 heteroatoms. The first-order chi connectivity index (χ1) is 15.2. The van der Waals surface area contributed by atoms with Crippen molar-refractivity contribution in [1.82, 2.24) is 15.3 Å². The van der Waals surface area contributed by atoms with Gasteiger partial charge in [-0.05, 0) is 29.5 Å². The average Bonchev–Trinajstić information content (AvgIpc) is 3.34. The lowest BCUT2D eigenvalue weighted by atomic mass is 10.1. The summed E-state index contributed by atoms with van der Waals surface area (Å²) in [5.41, 5.74) is 3.36. The molecule has 3 aromatic rings. The number of hydrogen-bond donors (Lipinski definition) is 1. The van der Waals surface area contributed by atoms with Gasteiger partial charge in [-0.3, -0.25) is 4.79 Å². The first-order valence-corrected chi connectivity index (χ1v) is 10.8. The first-order valence-electron chi connectivity index (χ1n) is 10.4. The minimum atomic E-state index is -0.312. The number of nitrogens with zero attached hydrogens (tertiary/aromatic N) is 3. The van der Waals surface area contributed by atoms with Crippen LogP contribution in [-0.2, 0) is 24.5 Å². The molecule has 4 rings (SSSR count). The normalized spacial score (nSPS) is 13.4. The zero-order valence-electron chi connectivity index (χ0n) is 17.3. The zero-order chi connectivity index (χ0) is 21.5. The quantitative estimate of drug-likeness (QED) is 0.567. The van der Waals surface area contributed by atoms with Crippen LogP contribution < -0.4 is 10.2 Å². The van der Waals surface area contributed by atoms with E-state index in [0.29, 0.717) is 25.7 Å². The maximum Gasteiger partial charge on any atom is 0.271 e. The van der Waals surface area contributed by atoms with Gasteiger partial charge in [0.05, 0.1) is 24.4 Å². The van der Waals surface area contributed by atoms with E-state index in [1.165, 1.54) is 6.20 Å². The maximum absolute atomic E-state index is 12.8. The Morgan fingerprint density at radius 3 is 2.48 bits per heavy atom. The Hall–Kier alpha value is -2.96. The Kier molecular flexibility index (Phi) is 7.12. The van der Waals surface area contributed by atoms with E-state index in [2.05, 4.69) is 20.2 Å². The van der Waals surface area contributed by atoms with Crippen molar-refractivity contribution >= 4 is 23.5 Å². The molecule has 160 valence electrons. The minimum Gasteiger partial charge on any atom is -0.372 e. The van der Waals surface area contributed by atoms with E-state index >= 15 is 0 Å². The van der Waals surface area contributed by atoms with E-state index in [0.717, 1.165) is 42.6 Å². The van der Waals surface area contributed by atoms with E-state index in [1.807, 2.05) is 54.6 Å². The Morgan fingerprint density at radius 2 is 1.71 bits per heavy atom. The molecule has 0 aliphatic carbocycles. The van der Waals surface area contributed by atoms with Gasteiger partial charge < -0.3 is 15.0 Å². The number of rotatable bonds is 8. The second-order valence-corrected chi connectivity index (χ2v) is 7.90. The Labute approximate surface area is 187 Å². The fourth-order valence-corrected chi connectivity index (χ4v) is 3.75. The van der Waals surface area contributed by atoms with Gasteiger partial charge in [-0.1, -0.05) is 66.2 Å². The summed E-state index contributed by atoms with van der Waals surface area (Å²) in [4.78, 5) is 23.6. The van der Waals surface area contributed by atoms with Gasteiger partial charge in [0.1, 0.15) is 0 Å². The van der Waals surface area contributed by atoms with E-state index in [-0.39, 0.29) is 16.6 Å². The summed E-state index contributed by atoms with van der Waals surface area (Å²) in [6.45, 7) is 3.17. The minimum absolute atomic E-state index is 0.205. The molecule has 0 saturated carbocycles. The molecule has 1 aliphatic heterocycles. The summed E-state index contributed by atoms with van der Waals surface area (Å²) >= 11 is 6.21. The van der Waals surface area contributed by atoms with Crippen molar-refractivity contribution in [1.29, 1.82) is 0 Å². The van der Waals surface area contributed by atoms with E-state index in [1.54, 1.807) is 0 Å². The molecular formula is C24H25ClN4O2. The van der Waals surface area contributed by atoms with Gasteiger partial charge in [-0.25, -0.2) is 9.97 Å². The van der Waals surface area contributed by atoms with E-state index < -0.39 is 0 Å². The molecule has 1 aromatic heterocycles. The maximum atomic E-state index is 12.8. The fraction of sp³-hybridized carbons (Fsp3) is 0.292. The molecule has 0 unspecified atom stereocenters. The van der Waals surface area contributed by atoms with Gasteiger partial charge >= 0.3 is 0 Å². The molecule has 1 aliphatic rings. The second-order valence-electron chi connectivity index (χ2n) is 7.49. The number of carbonyl (C=O) groups excluding carboxylic acids is 1. The number of hydrogen-bond acceptors (Lipinski definition) is 5. The Bertz CT molecular complexity index is 1020. The van der Waals surface area contributed by atoms with Gasteiger partial charge in [0.2, 0.25) is 5.95 Å². The van der Waals surface area contributed by atoms with Crippen molar-refractivity contribution in [3.8, 4) is 0 Å². The van der Waals surface area contributed by atoms with Crippen LogP contribution in [-0.4, -0.2) is 29.0 Å². The molecule has 6 nitrogen and oxygen atoms in total. The summed E-state index contributed by atoms with van der Waals surface area (Å²) in [6, 6.07) is 18.0. The van der Waals surface area contributed by atoms with Crippen molar-refractivity contribution in [2.75, 3.05) is 18.0 Å². The van der Waals surface area contributed by atoms with Crippen molar-refractivity contribution in [3.05, 3.63) is 88.2 Å². The molecule has 1 N–H and O–H groups in total. The number of nitrogens with one attached hydrogen (secondary N) is 1. The third-order valence-corrected chi connectivity index (χ3v) is 5.54. The highest BCUT2D eigenvalue weighted by Crippen LogP contribution is 2.20. The third-order valence-electron chi connectivity index (χ3n) is 5.26. The van der Waals surface area contributed by atoms with Crippen molar-refractivity contribution < 1.29 is 9.53 Å². The van der Waals surface area contributed by atoms with Crippen molar-refractivity contribution in [2.45, 2.75) is 32.6 Å². The van der Waals surface area contributed by atoms with E-state index in [4.69, 9.17) is 16.3 Å². The number of carbonyl (C=O) groups is 1. The highest BCUT2D eigenvalue weighted by atomic mass is 35.5. The molecule has 0 bridgehead atoms. The molecule has 1 amide bonds. The van der Waals surface area contributed by atoms with Gasteiger partial charge in [0, 0.05) is 19.6 Å². The van der Waals surface area contributed by atoms with Crippen LogP contribution in [0.1, 0.15) is 40.0 Å². The zero-order valence-corrected chi connectivity index (χ0v) is 18.0. The van der Waals surface area contributed by atoms with Crippen LogP contribution in [0.25, 0.3) is 0 Å². The van der Waals surface area contributed by atoms with Crippen LogP contribution in [0, 0.1) is 0 Å². The number of aromatic nitrogens is 2. The lowest BCUT2D eigenvalue weighted by Gasteiger charge is -2.16. The second kappa shape index (κ2) is 10.4. The SMILES string of the molecule is O=C(NCc1ccccc1COCc1ccccc1)c1nc(N2CCCC2)ncc1Cl. The molecule has 2 heterocycles. The Balaban J connectivity index is 1.38. The van der Waals surface area contributed by atoms with Crippen LogP contribution >= 0.6 is 11.6 Å². The highest BCUT2D eigenvalue weighted by Gasteiger charge is 2.19. The van der Waals surface area contributed by atoms with Crippen molar-refractivity contribution in [2.24, 2.45) is 0 Å². The summed E-state index contributed by atoms with van der Waals surface area (Å²) < 4.78 is 5.87. The van der Waals surface area contributed by atoms with Crippen molar-refractivity contribution in [3.63, 3.8) is 0 Å². The number of benzene rings is 2. The van der Waals surface area contributed by atoms with Crippen LogP contribution in [0.15, 0.2) is 60.8 Å². The monoisotopic (exact) mass is 436 g/mol. The van der Waals surface area contributed by atoms with Gasteiger partial charge in [0.25, 0.3) is 5.91 Å². The molecule has 1 fully saturated rings. The molecule has 0 spiro atoms. The number of halogens is 1. The number of ether oxygens (including phenoxy) is 1. The predicted octanol–water partition coefficient (Wildman–Crippen LogP) is 4.38. The van der Waals surface area contributed by atoms with Gasteiger partial charge in [-0.2, -0.15) is 0 Å². The lowest BCUT2D eigenvalue weighted by Crippen LogP contribution is -2.27. The molecule has 0 radical (unpaired) electrons. The summed E-state index contributed by atoms with van der Waals surface area (Å²) in [5.74, 6) is 0.245. The molecule has 31 heavy (non-hydrogen) atoms. The average molecular weight is 437 g/mol. The van der Waals surface area contributed by atoms with Crippen LogP contribution in [0.4, 0.5) is 5.95 Å². The topological polar surface area (TPSA) is 67.3 Å². The molecular weight excluding hydrogens is 412 g/mol. The fourth-order valence-electron chi connectivity index (χ4n) is 3.57. The molecule has 0 atom stereocenters. The standard InChI is InChI=1S/C24H25ClN4O2/c25-21-15-27-24(29-12-6-7-13-29)28-22(21)23(30)26-14-19-10-4-5-11-20(19)17-31-16-18-8-2-1-3-9-18/h1-5,8-11,15H,6-7,12-14,16-17H2,(H,26,30). The highest BCUT2D eigenvalue weighted by molar-refractivity contribution is 6.33. The lowest BCUT2D eigenvalue weighted by molar-refractivity contribution is 0.0943. The largest absolute Gasteiger partial charge is 0.372 e. The number of amides is 1. The molecule has 2 aromatic carbocycles. The summed E-state index contributed by atoms with van der Waals surface area (Å²) in [7, 11) is 0.